The van der Waals surface area contributed by atoms with Gasteiger partial charge in [-0.2, -0.15) is 0 Å². The minimum atomic E-state index is -0.0308. The molecule has 0 aliphatic carbocycles. The molecule has 1 aromatic heterocycles. The first-order valence-corrected chi connectivity index (χ1v) is 8.01. The summed E-state index contributed by atoms with van der Waals surface area (Å²) >= 11 is 9.18. The molecule has 0 unspecified atom stereocenters. The molecule has 2 heterocycles. The van der Waals surface area contributed by atoms with Gasteiger partial charge in [-0.1, -0.05) is 23.7 Å². The van der Waals surface area contributed by atoms with Crippen molar-refractivity contribution in [3.63, 3.8) is 0 Å². The molecule has 0 saturated carbocycles. The van der Waals surface area contributed by atoms with Gasteiger partial charge in [0.25, 0.3) is 0 Å². The Balaban J connectivity index is 1.99. The lowest BCUT2D eigenvalue weighted by Gasteiger charge is -2.21. The number of aryl methyl sites for hydroxylation is 1. The lowest BCUT2D eigenvalue weighted by atomic mass is 10.2. The molecule has 1 atom stereocenters. The Hall–Kier alpha value is -1.04. The summed E-state index contributed by atoms with van der Waals surface area (Å²) < 4.78 is 0. The maximum absolute atomic E-state index is 12.1. The number of carbonyl (C=O) groups excluding carboxylic acids is 1. The molecule has 0 N–H and O–H groups in total. The van der Waals surface area contributed by atoms with Gasteiger partial charge in [0, 0.05) is 16.1 Å². The molecule has 1 aromatic carbocycles. The lowest BCUT2D eigenvalue weighted by molar-refractivity contribution is -0.115. The zero-order valence-corrected chi connectivity index (χ0v) is 12.6. The molecule has 0 radical (unpaired) electrons. The van der Waals surface area contributed by atoms with E-state index in [-0.39, 0.29) is 11.3 Å². The van der Waals surface area contributed by atoms with Crippen molar-refractivity contribution in [2.45, 2.75) is 12.3 Å². The van der Waals surface area contributed by atoms with Crippen LogP contribution >= 0.6 is 34.7 Å². The highest BCUT2D eigenvalue weighted by molar-refractivity contribution is 8.00. The summed E-state index contributed by atoms with van der Waals surface area (Å²) in [7, 11) is 0. The third-order valence-corrected chi connectivity index (χ3v) is 5.18. The molecule has 1 aliphatic heterocycles. The molecule has 0 bridgehead atoms. The van der Waals surface area contributed by atoms with Gasteiger partial charge in [-0.25, -0.2) is 4.98 Å². The molecule has 1 aliphatic rings. The van der Waals surface area contributed by atoms with E-state index in [1.54, 1.807) is 22.9 Å². The first-order valence-electron chi connectivity index (χ1n) is 5.77. The Bertz CT molecular complexity index is 629. The van der Waals surface area contributed by atoms with Crippen LogP contribution in [0.4, 0.5) is 5.13 Å². The van der Waals surface area contributed by atoms with Gasteiger partial charge in [0.1, 0.15) is 5.37 Å². The Morgan fingerprint density at radius 2 is 2.32 bits per heavy atom. The number of carbonyl (C=O) groups is 1. The van der Waals surface area contributed by atoms with Gasteiger partial charge in [-0.3, -0.25) is 9.69 Å². The maximum Gasteiger partial charge on any atom is 0.240 e. The average Bonchev–Trinajstić information content (AvgIpc) is 2.95. The third-order valence-electron chi connectivity index (χ3n) is 2.82. The molecule has 0 spiro atoms. The first-order chi connectivity index (χ1) is 9.15. The molecular weight excluding hydrogens is 300 g/mol. The second kappa shape index (κ2) is 5.15. The van der Waals surface area contributed by atoms with Crippen LogP contribution in [0, 0.1) is 6.92 Å². The van der Waals surface area contributed by atoms with Crippen molar-refractivity contribution >= 4 is 45.7 Å². The number of aromatic nitrogens is 1. The summed E-state index contributed by atoms with van der Waals surface area (Å²) in [5.41, 5.74) is 1.04. The van der Waals surface area contributed by atoms with Crippen LogP contribution in [0.15, 0.2) is 30.5 Å². The van der Waals surface area contributed by atoms with Crippen molar-refractivity contribution in [1.82, 2.24) is 4.98 Å². The molecule has 1 saturated heterocycles. The zero-order chi connectivity index (χ0) is 13.4. The number of hydrogen-bond acceptors (Lipinski definition) is 4. The minimum Gasteiger partial charge on any atom is -0.273 e. The van der Waals surface area contributed by atoms with Crippen LogP contribution in [-0.4, -0.2) is 16.6 Å². The van der Waals surface area contributed by atoms with Gasteiger partial charge in [0.2, 0.25) is 5.91 Å². The van der Waals surface area contributed by atoms with Crippen LogP contribution in [0.1, 0.15) is 15.8 Å². The fraction of sp³-hybridized carbons (Fsp3) is 0.231. The van der Waals surface area contributed by atoms with Crippen molar-refractivity contribution < 1.29 is 4.79 Å². The fourth-order valence-electron chi connectivity index (χ4n) is 1.99. The van der Waals surface area contributed by atoms with E-state index < -0.39 is 0 Å². The molecule has 3 rings (SSSR count). The predicted molar refractivity (Wildman–Crippen MR) is 81.0 cm³/mol. The summed E-state index contributed by atoms with van der Waals surface area (Å²) in [4.78, 5) is 19.3. The van der Waals surface area contributed by atoms with E-state index in [9.17, 15) is 4.79 Å². The van der Waals surface area contributed by atoms with E-state index in [2.05, 4.69) is 4.98 Å². The highest BCUT2D eigenvalue weighted by Gasteiger charge is 2.35. The Labute approximate surface area is 124 Å². The van der Waals surface area contributed by atoms with Crippen LogP contribution in [0.3, 0.4) is 0 Å². The average molecular weight is 311 g/mol. The van der Waals surface area contributed by atoms with E-state index in [4.69, 9.17) is 11.6 Å². The normalized spacial score (nSPS) is 19.2. The fourth-order valence-corrected chi connectivity index (χ4v) is 4.21. The Morgan fingerprint density at radius 3 is 3.00 bits per heavy atom. The summed E-state index contributed by atoms with van der Waals surface area (Å²) in [6.07, 6.45) is 1.80. The largest absolute Gasteiger partial charge is 0.273 e. The van der Waals surface area contributed by atoms with Crippen molar-refractivity contribution in [2.75, 3.05) is 10.7 Å². The summed E-state index contributed by atoms with van der Waals surface area (Å²) in [5, 5.41) is 1.42. The number of rotatable bonds is 2. The molecule has 1 amide bonds. The van der Waals surface area contributed by atoms with E-state index in [0.29, 0.717) is 10.8 Å². The smallest absolute Gasteiger partial charge is 0.240 e. The van der Waals surface area contributed by atoms with E-state index in [1.165, 1.54) is 11.3 Å². The van der Waals surface area contributed by atoms with Crippen LogP contribution in [-0.2, 0) is 4.79 Å². The number of benzene rings is 1. The van der Waals surface area contributed by atoms with E-state index >= 15 is 0 Å². The van der Waals surface area contributed by atoms with Gasteiger partial charge in [-0.15, -0.1) is 23.1 Å². The van der Waals surface area contributed by atoms with Gasteiger partial charge in [0.05, 0.1) is 5.75 Å². The molecule has 2 aromatic rings. The standard InChI is InChI=1S/C13H11ClN2OS2/c1-8-6-15-13(19-8)16-11(17)7-18-12(16)9-3-2-4-10(14)5-9/h2-6,12H,7H2,1H3/t12-/m0/s1. The molecule has 1 fully saturated rings. The third kappa shape index (κ3) is 2.50. The number of halogens is 1. The van der Waals surface area contributed by atoms with Crippen molar-refractivity contribution in [3.05, 3.63) is 45.9 Å². The monoisotopic (exact) mass is 310 g/mol. The number of nitrogens with zero attached hydrogens (tertiary/aromatic N) is 2. The number of hydrogen-bond donors (Lipinski definition) is 0. The van der Waals surface area contributed by atoms with Gasteiger partial charge in [-0.05, 0) is 24.6 Å². The second-order valence-electron chi connectivity index (χ2n) is 4.24. The van der Waals surface area contributed by atoms with E-state index in [1.807, 2.05) is 31.2 Å². The summed E-state index contributed by atoms with van der Waals surface area (Å²) in [6.45, 7) is 1.99. The maximum atomic E-state index is 12.1. The summed E-state index contributed by atoms with van der Waals surface area (Å²) in [5.74, 6) is 0.583. The first kappa shape index (κ1) is 13.0. The number of thioether (sulfide) groups is 1. The SMILES string of the molecule is Cc1cnc(N2C(=O)CS[C@H]2c2cccc(Cl)c2)s1. The van der Waals surface area contributed by atoms with Crippen LogP contribution in [0.25, 0.3) is 0 Å². The summed E-state index contributed by atoms with van der Waals surface area (Å²) in [6, 6.07) is 7.65. The Kier molecular flexibility index (Phi) is 3.52. The highest BCUT2D eigenvalue weighted by Crippen LogP contribution is 2.43. The molecule has 6 heteroatoms. The highest BCUT2D eigenvalue weighted by atomic mass is 35.5. The number of amides is 1. The van der Waals surface area contributed by atoms with Crippen LogP contribution in [0.5, 0.6) is 0 Å². The van der Waals surface area contributed by atoms with Gasteiger partial charge in [0.15, 0.2) is 5.13 Å². The Morgan fingerprint density at radius 1 is 1.47 bits per heavy atom. The van der Waals surface area contributed by atoms with Crippen LogP contribution in [0.2, 0.25) is 5.02 Å². The second-order valence-corrected chi connectivity index (χ2v) is 6.95. The van der Waals surface area contributed by atoms with Crippen molar-refractivity contribution in [1.29, 1.82) is 0 Å². The molecular formula is C13H11ClN2OS2. The van der Waals surface area contributed by atoms with Crippen LogP contribution < -0.4 is 4.90 Å². The number of anilines is 1. The minimum absolute atomic E-state index is 0.0308. The number of thiazole rings is 1. The molecule has 19 heavy (non-hydrogen) atoms. The topological polar surface area (TPSA) is 33.2 Å². The molecule has 98 valence electrons. The predicted octanol–water partition coefficient (Wildman–Crippen LogP) is 3.88. The van der Waals surface area contributed by atoms with Crippen molar-refractivity contribution in [2.24, 2.45) is 0 Å². The zero-order valence-electron chi connectivity index (χ0n) is 10.2. The lowest BCUT2D eigenvalue weighted by Crippen LogP contribution is -2.27. The van der Waals surface area contributed by atoms with Crippen molar-refractivity contribution in [3.8, 4) is 0 Å². The van der Waals surface area contributed by atoms with Gasteiger partial charge < -0.3 is 0 Å². The molecule has 3 nitrogen and oxygen atoms in total. The van der Waals surface area contributed by atoms with E-state index in [0.717, 1.165) is 15.6 Å². The quantitative estimate of drug-likeness (QED) is 0.844. The van der Waals surface area contributed by atoms with Gasteiger partial charge >= 0.3 is 0 Å².